The SMILES string of the molecule is CNC(=O)CCNCCNC(C)(C)C. The van der Waals surface area contributed by atoms with Crippen LogP contribution >= 0.6 is 0 Å². The van der Waals surface area contributed by atoms with Crippen LogP contribution in [0.5, 0.6) is 0 Å². The summed E-state index contributed by atoms with van der Waals surface area (Å²) in [5.41, 5.74) is 0.169. The van der Waals surface area contributed by atoms with Gasteiger partial charge in [-0.05, 0) is 20.8 Å². The highest BCUT2D eigenvalue weighted by Crippen LogP contribution is 1.96. The third kappa shape index (κ3) is 9.48. The maximum absolute atomic E-state index is 10.8. The van der Waals surface area contributed by atoms with E-state index in [1.54, 1.807) is 7.05 Å². The van der Waals surface area contributed by atoms with Crippen molar-refractivity contribution in [2.45, 2.75) is 32.7 Å². The number of nitrogens with one attached hydrogen (secondary N) is 3. The van der Waals surface area contributed by atoms with Crippen LogP contribution in [0.3, 0.4) is 0 Å². The van der Waals surface area contributed by atoms with Crippen LogP contribution in [-0.4, -0.2) is 38.1 Å². The molecule has 0 saturated carbocycles. The minimum absolute atomic E-state index is 0.0845. The quantitative estimate of drug-likeness (QED) is 0.534. The van der Waals surface area contributed by atoms with Crippen molar-refractivity contribution in [1.29, 1.82) is 0 Å². The fraction of sp³-hybridized carbons (Fsp3) is 0.900. The zero-order valence-corrected chi connectivity index (χ0v) is 9.74. The first-order valence-electron chi connectivity index (χ1n) is 5.12. The Balaban J connectivity index is 3.18. The van der Waals surface area contributed by atoms with Crippen molar-refractivity contribution in [2.75, 3.05) is 26.7 Å². The van der Waals surface area contributed by atoms with Crippen molar-refractivity contribution in [1.82, 2.24) is 16.0 Å². The van der Waals surface area contributed by atoms with E-state index in [0.29, 0.717) is 6.42 Å². The fourth-order valence-electron chi connectivity index (χ4n) is 0.978. The number of rotatable bonds is 6. The van der Waals surface area contributed by atoms with Gasteiger partial charge in [0, 0.05) is 38.6 Å². The Hall–Kier alpha value is -0.610. The molecule has 0 aromatic carbocycles. The molecule has 0 fully saturated rings. The van der Waals surface area contributed by atoms with Gasteiger partial charge in [0.1, 0.15) is 0 Å². The van der Waals surface area contributed by atoms with Gasteiger partial charge >= 0.3 is 0 Å². The monoisotopic (exact) mass is 201 g/mol. The highest BCUT2D eigenvalue weighted by atomic mass is 16.1. The molecule has 1 amide bonds. The average Bonchev–Trinajstić information content (AvgIpc) is 2.08. The molecule has 0 aliphatic heterocycles. The van der Waals surface area contributed by atoms with Crippen LogP contribution in [0.4, 0.5) is 0 Å². The van der Waals surface area contributed by atoms with Crippen LogP contribution in [-0.2, 0) is 4.79 Å². The summed E-state index contributed by atoms with van der Waals surface area (Å²) in [6, 6.07) is 0. The van der Waals surface area contributed by atoms with Crippen LogP contribution in [0, 0.1) is 0 Å². The Bertz CT molecular complexity index is 163. The van der Waals surface area contributed by atoms with Gasteiger partial charge in [-0.3, -0.25) is 4.79 Å². The second-order valence-electron chi connectivity index (χ2n) is 4.35. The molecule has 0 saturated heterocycles. The van der Waals surface area contributed by atoms with Gasteiger partial charge in [-0.25, -0.2) is 0 Å². The normalized spacial score (nSPS) is 11.4. The molecule has 0 radical (unpaired) electrons. The van der Waals surface area contributed by atoms with E-state index in [-0.39, 0.29) is 11.4 Å². The first-order chi connectivity index (χ1) is 6.45. The van der Waals surface area contributed by atoms with E-state index < -0.39 is 0 Å². The second-order valence-corrected chi connectivity index (χ2v) is 4.35. The van der Waals surface area contributed by atoms with E-state index in [4.69, 9.17) is 0 Å². The van der Waals surface area contributed by atoms with E-state index in [9.17, 15) is 4.79 Å². The summed E-state index contributed by atoms with van der Waals surface area (Å²) in [4.78, 5) is 10.8. The third-order valence-electron chi connectivity index (χ3n) is 1.76. The van der Waals surface area contributed by atoms with Crippen molar-refractivity contribution in [3.8, 4) is 0 Å². The summed E-state index contributed by atoms with van der Waals surface area (Å²) in [5, 5.41) is 9.15. The lowest BCUT2D eigenvalue weighted by Crippen LogP contribution is -2.40. The van der Waals surface area contributed by atoms with Crippen LogP contribution in [0.1, 0.15) is 27.2 Å². The van der Waals surface area contributed by atoms with E-state index in [0.717, 1.165) is 19.6 Å². The molecule has 0 aliphatic carbocycles. The van der Waals surface area contributed by atoms with Crippen molar-refractivity contribution >= 4 is 5.91 Å². The van der Waals surface area contributed by atoms with Gasteiger partial charge in [0.15, 0.2) is 0 Å². The molecule has 3 N–H and O–H groups in total. The molecule has 84 valence electrons. The number of amides is 1. The van der Waals surface area contributed by atoms with E-state index >= 15 is 0 Å². The van der Waals surface area contributed by atoms with Crippen LogP contribution in [0.15, 0.2) is 0 Å². The maximum Gasteiger partial charge on any atom is 0.221 e. The molecule has 0 aromatic rings. The predicted octanol–water partition coefficient (Wildman–Crippen LogP) is 0.100. The minimum Gasteiger partial charge on any atom is -0.359 e. The van der Waals surface area contributed by atoms with Gasteiger partial charge in [0.25, 0.3) is 0 Å². The lowest BCUT2D eigenvalue weighted by atomic mass is 10.1. The topological polar surface area (TPSA) is 53.2 Å². The Morgan fingerprint density at radius 3 is 2.29 bits per heavy atom. The number of hydrogen-bond acceptors (Lipinski definition) is 3. The molecule has 0 aliphatic rings. The summed E-state index contributed by atoms with van der Waals surface area (Å²) in [6.45, 7) is 8.98. The van der Waals surface area contributed by atoms with Gasteiger partial charge in [0.05, 0.1) is 0 Å². The number of hydrogen-bond donors (Lipinski definition) is 3. The number of carbonyl (C=O) groups excluding carboxylic acids is 1. The first-order valence-corrected chi connectivity index (χ1v) is 5.12. The lowest BCUT2D eigenvalue weighted by Gasteiger charge is -2.20. The third-order valence-corrected chi connectivity index (χ3v) is 1.76. The zero-order chi connectivity index (χ0) is 11.0. The molecule has 0 unspecified atom stereocenters. The molecule has 14 heavy (non-hydrogen) atoms. The standard InChI is InChI=1S/C10H23N3O/c1-10(2,3)13-8-7-12-6-5-9(14)11-4/h12-13H,5-8H2,1-4H3,(H,11,14). The molecule has 0 heterocycles. The summed E-state index contributed by atoms with van der Waals surface area (Å²) >= 11 is 0. The summed E-state index contributed by atoms with van der Waals surface area (Å²) in [7, 11) is 1.66. The smallest absolute Gasteiger partial charge is 0.221 e. The lowest BCUT2D eigenvalue weighted by molar-refractivity contribution is -0.120. The van der Waals surface area contributed by atoms with Gasteiger partial charge in [-0.15, -0.1) is 0 Å². The Labute approximate surface area is 86.8 Å². The summed E-state index contributed by atoms with van der Waals surface area (Å²) in [5.74, 6) is 0.0845. The first kappa shape index (κ1) is 13.4. The molecular weight excluding hydrogens is 178 g/mol. The van der Waals surface area contributed by atoms with Gasteiger partial charge < -0.3 is 16.0 Å². The van der Waals surface area contributed by atoms with E-state index in [2.05, 4.69) is 36.7 Å². The van der Waals surface area contributed by atoms with E-state index in [1.165, 1.54) is 0 Å². The summed E-state index contributed by atoms with van der Waals surface area (Å²) < 4.78 is 0. The molecule has 0 atom stereocenters. The highest BCUT2D eigenvalue weighted by molar-refractivity contribution is 5.75. The molecule has 4 heteroatoms. The van der Waals surface area contributed by atoms with Crippen LogP contribution in [0.25, 0.3) is 0 Å². The molecule has 4 nitrogen and oxygen atoms in total. The molecule has 0 aromatic heterocycles. The average molecular weight is 201 g/mol. The molecule has 0 rings (SSSR count). The molecular formula is C10H23N3O. The zero-order valence-electron chi connectivity index (χ0n) is 9.74. The van der Waals surface area contributed by atoms with Crippen molar-refractivity contribution in [3.05, 3.63) is 0 Å². The Morgan fingerprint density at radius 1 is 1.14 bits per heavy atom. The van der Waals surface area contributed by atoms with Crippen molar-refractivity contribution in [2.24, 2.45) is 0 Å². The van der Waals surface area contributed by atoms with E-state index in [1.807, 2.05) is 0 Å². The number of carbonyl (C=O) groups is 1. The predicted molar refractivity (Wildman–Crippen MR) is 59.3 cm³/mol. The minimum atomic E-state index is 0.0845. The van der Waals surface area contributed by atoms with Crippen LogP contribution in [0.2, 0.25) is 0 Å². The fourth-order valence-corrected chi connectivity index (χ4v) is 0.978. The highest BCUT2D eigenvalue weighted by Gasteiger charge is 2.06. The molecule has 0 spiro atoms. The van der Waals surface area contributed by atoms with Gasteiger partial charge in [0.2, 0.25) is 5.91 Å². The van der Waals surface area contributed by atoms with Crippen LogP contribution < -0.4 is 16.0 Å². The summed E-state index contributed by atoms with van der Waals surface area (Å²) in [6.07, 6.45) is 0.548. The Morgan fingerprint density at radius 2 is 1.79 bits per heavy atom. The maximum atomic E-state index is 10.8. The van der Waals surface area contributed by atoms with Gasteiger partial charge in [-0.1, -0.05) is 0 Å². The second kappa shape index (κ2) is 6.79. The molecule has 0 bridgehead atoms. The largest absolute Gasteiger partial charge is 0.359 e. The van der Waals surface area contributed by atoms with Gasteiger partial charge in [-0.2, -0.15) is 0 Å². The van der Waals surface area contributed by atoms with Crippen molar-refractivity contribution < 1.29 is 4.79 Å². The van der Waals surface area contributed by atoms with Crippen molar-refractivity contribution in [3.63, 3.8) is 0 Å². The Kier molecular flexibility index (Phi) is 6.49.